The van der Waals surface area contributed by atoms with Crippen LogP contribution in [0.4, 0.5) is 0 Å². The zero-order chi connectivity index (χ0) is 12.2. The highest BCUT2D eigenvalue weighted by atomic mass is 16.1. The molecule has 0 aliphatic heterocycles. The van der Waals surface area contributed by atoms with Gasteiger partial charge in [0.05, 0.1) is 0 Å². The van der Waals surface area contributed by atoms with Gasteiger partial charge in [0.2, 0.25) is 0 Å². The number of carbonyl (C=O) groups is 2. The monoisotopic (exact) mass is 232 g/mol. The molecule has 2 heteroatoms. The molecular formula is C15H20O2. The highest BCUT2D eigenvalue weighted by molar-refractivity contribution is 5.97. The Morgan fingerprint density at radius 2 is 1.88 bits per heavy atom. The first-order chi connectivity index (χ1) is 8.04. The van der Waals surface area contributed by atoms with Gasteiger partial charge in [0.25, 0.3) is 0 Å². The third-order valence-electron chi connectivity index (χ3n) is 5.57. The molecule has 0 aromatic carbocycles. The average molecular weight is 232 g/mol. The standard InChI is InChI=1S/C15H20O2/c1-9-10-7-8-15(2)12(4-6-14(15)17)11(10)3-5-13(9)16/h11-12H,3-8H2,1-2H3/t11?,12?,15-/m0/s1. The summed E-state index contributed by atoms with van der Waals surface area (Å²) in [6.07, 6.45) is 5.43. The first-order valence-corrected chi connectivity index (χ1v) is 6.80. The van der Waals surface area contributed by atoms with Crippen molar-refractivity contribution in [2.45, 2.75) is 52.4 Å². The highest BCUT2D eigenvalue weighted by Crippen LogP contribution is 2.56. The zero-order valence-electron chi connectivity index (χ0n) is 10.7. The quantitative estimate of drug-likeness (QED) is 0.643. The van der Waals surface area contributed by atoms with Crippen LogP contribution in [-0.2, 0) is 9.59 Å². The van der Waals surface area contributed by atoms with Crippen LogP contribution < -0.4 is 0 Å². The summed E-state index contributed by atoms with van der Waals surface area (Å²) in [5.41, 5.74) is 2.33. The maximum absolute atomic E-state index is 12.1. The van der Waals surface area contributed by atoms with Gasteiger partial charge in [0.1, 0.15) is 5.78 Å². The molecule has 3 rings (SSSR count). The van der Waals surface area contributed by atoms with E-state index < -0.39 is 0 Å². The van der Waals surface area contributed by atoms with Gasteiger partial charge in [-0.05, 0) is 50.0 Å². The van der Waals surface area contributed by atoms with Gasteiger partial charge in [-0.25, -0.2) is 0 Å². The number of carbonyl (C=O) groups excluding carboxylic acids is 2. The number of allylic oxidation sites excluding steroid dienone is 2. The minimum Gasteiger partial charge on any atom is -0.299 e. The molecule has 2 saturated carbocycles. The number of hydrogen-bond acceptors (Lipinski definition) is 2. The Morgan fingerprint density at radius 3 is 2.65 bits per heavy atom. The lowest BCUT2D eigenvalue weighted by molar-refractivity contribution is -0.128. The third kappa shape index (κ3) is 1.39. The smallest absolute Gasteiger partial charge is 0.158 e. The normalized spacial score (nSPS) is 41.5. The second-order valence-electron chi connectivity index (χ2n) is 6.20. The van der Waals surface area contributed by atoms with Crippen LogP contribution in [0.3, 0.4) is 0 Å². The molecule has 3 aliphatic rings. The maximum atomic E-state index is 12.1. The lowest BCUT2D eigenvalue weighted by Gasteiger charge is -2.44. The van der Waals surface area contributed by atoms with Gasteiger partial charge in [-0.15, -0.1) is 0 Å². The minimum absolute atomic E-state index is 0.0746. The van der Waals surface area contributed by atoms with E-state index in [0.717, 1.165) is 37.7 Å². The van der Waals surface area contributed by atoms with Crippen LogP contribution in [-0.4, -0.2) is 11.6 Å². The van der Waals surface area contributed by atoms with Gasteiger partial charge in [-0.2, -0.15) is 0 Å². The summed E-state index contributed by atoms with van der Waals surface area (Å²) < 4.78 is 0. The van der Waals surface area contributed by atoms with Crippen molar-refractivity contribution in [3.63, 3.8) is 0 Å². The van der Waals surface area contributed by atoms with Crippen LogP contribution in [0.15, 0.2) is 11.1 Å². The fraction of sp³-hybridized carbons (Fsp3) is 0.733. The van der Waals surface area contributed by atoms with E-state index in [1.807, 2.05) is 6.92 Å². The van der Waals surface area contributed by atoms with E-state index in [4.69, 9.17) is 0 Å². The van der Waals surface area contributed by atoms with Crippen LogP contribution in [0, 0.1) is 17.3 Å². The summed E-state index contributed by atoms with van der Waals surface area (Å²) >= 11 is 0. The summed E-state index contributed by atoms with van der Waals surface area (Å²) in [5, 5.41) is 0. The Bertz CT molecular complexity index is 432. The van der Waals surface area contributed by atoms with Gasteiger partial charge >= 0.3 is 0 Å². The molecule has 3 atom stereocenters. The van der Waals surface area contributed by atoms with E-state index in [9.17, 15) is 9.59 Å². The summed E-state index contributed by atoms with van der Waals surface area (Å²) in [6, 6.07) is 0. The molecule has 2 nitrogen and oxygen atoms in total. The number of rotatable bonds is 0. The lowest BCUT2D eigenvalue weighted by Crippen LogP contribution is -2.40. The maximum Gasteiger partial charge on any atom is 0.158 e. The van der Waals surface area contributed by atoms with Crippen molar-refractivity contribution >= 4 is 11.6 Å². The molecule has 0 heterocycles. The summed E-state index contributed by atoms with van der Waals surface area (Å²) in [6.45, 7) is 4.15. The van der Waals surface area contributed by atoms with Crippen molar-refractivity contribution in [1.82, 2.24) is 0 Å². The van der Waals surface area contributed by atoms with Gasteiger partial charge in [-0.3, -0.25) is 9.59 Å². The first-order valence-electron chi connectivity index (χ1n) is 6.80. The first kappa shape index (κ1) is 11.2. The largest absolute Gasteiger partial charge is 0.299 e. The van der Waals surface area contributed by atoms with Crippen molar-refractivity contribution in [3.05, 3.63) is 11.1 Å². The Labute approximate surface area is 102 Å². The molecular weight excluding hydrogens is 212 g/mol. The predicted octanol–water partition coefficient (Wildman–Crippen LogP) is 3.06. The van der Waals surface area contributed by atoms with E-state index in [1.54, 1.807) is 0 Å². The summed E-state index contributed by atoms with van der Waals surface area (Å²) in [5.74, 6) is 1.85. The molecule has 0 spiro atoms. The van der Waals surface area contributed by atoms with Crippen molar-refractivity contribution in [2.75, 3.05) is 0 Å². The van der Waals surface area contributed by atoms with Crippen LogP contribution in [0.2, 0.25) is 0 Å². The molecule has 3 aliphatic carbocycles. The van der Waals surface area contributed by atoms with E-state index in [0.29, 0.717) is 29.8 Å². The van der Waals surface area contributed by atoms with Crippen LogP contribution >= 0.6 is 0 Å². The molecule has 0 N–H and O–H groups in total. The van der Waals surface area contributed by atoms with Gasteiger partial charge in [0, 0.05) is 18.3 Å². The van der Waals surface area contributed by atoms with Crippen molar-refractivity contribution < 1.29 is 9.59 Å². The van der Waals surface area contributed by atoms with Crippen LogP contribution in [0.1, 0.15) is 52.4 Å². The average Bonchev–Trinajstić information content (AvgIpc) is 2.61. The molecule has 0 radical (unpaired) electrons. The molecule has 0 saturated heterocycles. The van der Waals surface area contributed by atoms with Crippen molar-refractivity contribution in [2.24, 2.45) is 17.3 Å². The fourth-order valence-corrected chi connectivity index (χ4v) is 4.38. The zero-order valence-corrected chi connectivity index (χ0v) is 10.7. The van der Waals surface area contributed by atoms with Gasteiger partial charge in [0.15, 0.2) is 5.78 Å². The summed E-state index contributed by atoms with van der Waals surface area (Å²) in [4.78, 5) is 23.8. The number of hydrogen-bond donors (Lipinski definition) is 0. The summed E-state index contributed by atoms with van der Waals surface area (Å²) in [7, 11) is 0. The molecule has 2 fully saturated rings. The molecule has 0 bridgehead atoms. The molecule has 17 heavy (non-hydrogen) atoms. The molecule has 92 valence electrons. The second kappa shape index (κ2) is 3.54. The molecule has 0 aromatic heterocycles. The van der Waals surface area contributed by atoms with Crippen LogP contribution in [0.5, 0.6) is 0 Å². The van der Waals surface area contributed by atoms with E-state index in [1.165, 1.54) is 5.57 Å². The van der Waals surface area contributed by atoms with Crippen molar-refractivity contribution in [3.8, 4) is 0 Å². The Hall–Kier alpha value is -0.920. The minimum atomic E-state index is -0.0746. The lowest BCUT2D eigenvalue weighted by atomic mass is 9.59. The van der Waals surface area contributed by atoms with Crippen molar-refractivity contribution in [1.29, 1.82) is 0 Å². The van der Waals surface area contributed by atoms with Gasteiger partial charge in [-0.1, -0.05) is 12.5 Å². The fourth-order valence-electron chi connectivity index (χ4n) is 4.38. The topological polar surface area (TPSA) is 34.1 Å². The third-order valence-corrected chi connectivity index (χ3v) is 5.57. The molecule has 2 unspecified atom stereocenters. The predicted molar refractivity (Wildman–Crippen MR) is 65.5 cm³/mol. The Kier molecular flexibility index (Phi) is 2.33. The number of fused-ring (bicyclic) bond motifs is 3. The SMILES string of the molecule is CC1=C2CC[C@]3(C)C(=O)CCC3C2CCC1=O. The van der Waals surface area contributed by atoms with Gasteiger partial charge < -0.3 is 0 Å². The number of ketones is 2. The Morgan fingerprint density at radius 1 is 1.12 bits per heavy atom. The van der Waals surface area contributed by atoms with Crippen LogP contribution in [0.25, 0.3) is 0 Å². The van der Waals surface area contributed by atoms with E-state index >= 15 is 0 Å². The second-order valence-corrected chi connectivity index (χ2v) is 6.20. The number of Topliss-reactive ketones (excluding diaryl/α,β-unsaturated/α-hetero) is 2. The molecule has 0 amide bonds. The molecule has 0 aromatic rings. The highest BCUT2D eigenvalue weighted by Gasteiger charge is 2.53. The Balaban J connectivity index is 2.01. The van der Waals surface area contributed by atoms with E-state index in [2.05, 4.69) is 6.92 Å². The van der Waals surface area contributed by atoms with E-state index in [-0.39, 0.29) is 5.41 Å².